The quantitative estimate of drug-likeness (QED) is 0.576. The first-order chi connectivity index (χ1) is 4.18. The standard InChI is InChI=1S/C8H17O/c1-4-5-6-7(2)8(3)9/h4,7-9H,5-6H2,1-3H3/q+1. The van der Waals surface area contributed by atoms with Crippen LogP contribution in [-0.4, -0.2) is 11.2 Å². The van der Waals surface area contributed by atoms with Gasteiger partial charge in [0.25, 0.3) is 0 Å². The Morgan fingerprint density at radius 1 is 1.44 bits per heavy atom. The summed E-state index contributed by atoms with van der Waals surface area (Å²) >= 11 is 0. The molecule has 9 heavy (non-hydrogen) atoms. The number of aliphatic hydroxyl groups is 1. The molecular weight excluding hydrogens is 112 g/mol. The van der Waals surface area contributed by atoms with E-state index < -0.39 is 0 Å². The summed E-state index contributed by atoms with van der Waals surface area (Å²) in [5.41, 5.74) is 0. The van der Waals surface area contributed by atoms with Crippen LogP contribution in [0.2, 0.25) is 0 Å². The largest absolute Gasteiger partial charge is 0.393 e. The van der Waals surface area contributed by atoms with Crippen molar-refractivity contribution in [1.82, 2.24) is 0 Å². The van der Waals surface area contributed by atoms with Gasteiger partial charge in [0.2, 0.25) is 0 Å². The van der Waals surface area contributed by atoms with Crippen molar-refractivity contribution in [3.05, 3.63) is 6.42 Å². The van der Waals surface area contributed by atoms with Gasteiger partial charge in [-0.05, 0) is 19.3 Å². The van der Waals surface area contributed by atoms with Gasteiger partial charge in [-0.25, -0.2) is 0 Å². The molecule has 1 nitrogen and oxygen atoms in total. The molecule has 0 radical (unpaired) electrons. The summed E-state index contributed by atoms with van der Waals surface area (Å²) in [5, 5.41) is 9.03. The molecular formula is C8H17O+. The molecule has 0 aromatic rings. The Balaban J connectivity index is 3.16. The second-order valence-electron chi connectivity index (χ2n) is 2.70. The molecule has 1 N–H and O–H groups in total. The van der Waals surface area contributed by atoms with Gasteiger partial charge in [0.1, 0.15) is 0 Å². The Morgan fingerprint density at radius 3 is 2.33 bits per heavy atom. The maximum Gasteiger partial charge on any atom is 0.0875 e. The van der Waals surface area contributed by atoms with Crippen molar-refractivity contribution in [3.63, 3.8) is 0 Å². The van der Waals surface area contributed by atoms with E-state index in [2.05, 4.69) is 20.3 Å². The normalized spacial score (nSPS) is 16.9. The fourth-order valence-corrected chi connectivity index (χ4v) is 0.671. The number of unbranched alkanes of at least 4 members (excludes halogenated alkanes) is 1. The highest BCUT2D eigenvalue weighted by Gasteiger charge is 2.08. The zero-order valence-electron chi connectivity index (χ0n) is 6.59. The lowest BCUT2D eigenvalue weighted by molar-refractivity contribution is 0.130. The third-order valence-electron chi connectivity index (χ3n) is 1.73. The van der Waals surface area contributed by atoms with Crippen molar-refractivity contribution < 1.29 is 5.11 Å². The van der Waals surface area contributed by atoms with E-state index in [1.165, 1.54) is 0 Å². The fourth-order valence-electron chi connectivity index (χ4n) is 0.671. The molecule has 0 aliphatic heterocycles. The highest BCUT2D eigenvalue weighted by atomic mass is 16.3. The van der Waals surface area contributed by atoms with Crippen LogP contribution < -0.4 is 0 Å². The fraction of sp³-hybridized carbons (Fsp3) is 0.875. The van der Waals surface area contributed by atoms with Crippen LogP contribution in [0.3, 0.4) is 0 Å². The van der Waals surface area contributed by atoms with Crippen LogP contribution in [0.4, 0.5) is 0 Å². The summed E-state index contributed by atoms with van der Waals surface area (Å²) in [6.45, 7) is 5.98. The molecule has 1 heteroatoms. The summed E-state index contributed by atoms with van der Waals surface area (Å²) in [5.74, 6) is 0.446. The van der Waals surface area contributed by atoms with Gasteiger partial charge >= 0.3 is 0 Å². The minimum atomic E-state index is -0.148. The minimum Gasteiger partial charge on any atom is -0.393 e. The SMILES string of the molecule is C[CH+]CCC(C)C(C)O. The molecule has 0 spiro atoms. The molecule has 2 unspecified atom stereocenters. The molecule has 0 aromatic carbocycles. The number of rotatable bonds is 4. The van der Waals surface area contributed by atoms with Crippen LogP contribution in [0.15, 0.2) is 0 Å². The van der Waals surface area contributed by atoms with Gasteiger partial charge in [0.05, 0.1) is 25.9 Å². The maximum absolute atomic E-state index is 9.03. The highest BCUT2D eigenvalue weighted by Crippen LogP contribution is 2.10. The van der Waals surface area contributed by atoms with Gasteiger partial charge in [-0.3, -0.25) is 0 Å². The lowest BCUT2D eigenvalue weighted by atomic mass is 10.00. The first-order valence-corrected chi connectivity index (χ1v) is 3.64. The molecule has 0 aliphatic rings. The maximum atomic E-state index is 9.03. The van der Waals surface area contributed by atoms with E-state index >= 15 is 0 Å². The van der Waals surface area contributed by atoms with Gasteiger partial charge in [-0.15, -0.1) is 0 Å². The van der Waals surface area contributed by atoms with E-state index in [0.29, 0.717) is 5.92 Å². The third-order valence-corrected chi connectivity index (χ3v) is 1.73. The van der Waals surface area contributed by atoms with Gasteiger partial charge in [-0.1, -0.05) is 6.92 Å². The van der Waals surface area contributed by atoms with E-state index in [4.69, 9.17) is 5.11 Å². The lowest BCUT2D eigenvalue weighted by Crippen LogP contribution is -2.12. The van der Waals surface area contributed by atoms with Gasteiger partial charge in [0.15, 0.2) is 0 Å². The predicted molar refractivity (Wildman–Crippen MR) is 40.1 cm³/mol. The van der Waals surface area contributed by atoms with E-state index in [-0.39, 0.29) is 6.10 Å². The second-order valence-corrected chi connectivity index (χ2v) is 2.70. The number of hydrogen-bond acceptors (Lipinski definition) is 1. The van der Waals surface area contributed by atoms with E-state index in [1.54, 1.807) is 0 Å². The molecule has 0 saturated carbocycles. The molecule has 54 valence electrons. The first kappa shape index (κ1) is 8.83. The summed E-state index contributed by atoms with van der Waals surface area (Å²) in [4.78, 5) is 0. The van der Waals surface area contributed by atoms with Crippen molar-refractivity contribution in [2.45, 2.75) is 39.7 Å². The van der Waals surface area contributed by atoms with Crippen LogP contribution >= 0.6 is 0 Å². The van der Waals surface area contributed by atoms with Crippen LogP contribution in [0.1, 0.15) is 33.6 Å². The number of hydrogen-bond donors (Lipinski definition) is 1. The monoisotopic (exact) mass is 129 g/mol. The summed E-state index contributed by atoms with van der Waals surface area (Å²) in [6, 6.07) is 0. The summed E-state index contributed by atoms with van der Waals surface area (Å²) < 4.78 is 0. The molecule has 0 rings (SSSR count). The zero-order chi connectivity index (χ0) is 7.28. The molecule has 0 heterocycles. The van der Waals surface area contributed by atoms with Crippen molar-refractivity contribution in [2.75, 3.05) is 0 Å². The molecule has 0 fully saturated rings. The predicted octanol–water partition coefficient (Wildman–Crippen LogP) is 2.01. The first-order valence-electron chi connectivity index (χ1n) is 3.64. The molecule has 0 aromatic heterocycles. The Bertz CT molecular complexity index is 59.6. The average Bonchev–Trinajstić information content (AvgIpc) is 1.82. The molecule has 2 atom stereocenters. The lowest BCUT2D eigenvalue weighted by Gasteiger charge is -2.10. The Morgan fingerprint density at radius 2 is 2.00 bits per heavy atom. The summed E-state index contributed by atoms with van der Waals surface area (Å²) in [7, 11) is 0. The van der Waals surface area contributed by atoms with E-state index in [0.717, 1.165) is 12.8 Å². The molecule has 0 amide bonds. The van der Waals surface area contributed by atoms with E-state index in [9.17, 15) is 0 Å². The Kier molecular flexibility index (Phi) is 4.60. The van der Waals surface area contributed by atoms with Crippen LogP contribution in [0.25, 0.3) is 0 Å². The third kappa shape index (κ3) is 4.34. The van der Waals surface area contributed by atoms with Gasteiger partial charge in [0, 0.05) is 0 Å². The minimum absolute atomic E-state index is 0.148. The van der Waals surface area contributed by atoms with Crippen molar-refractivity contribution >= 4 is 0 Å². The van der Waals surface area contributed by atoms with Crippen LogP contribution in [0, 0.1) is 12.3 Å². The van der Waals surface area contributed by atoms with Gasteiger partial charge < -0.3 is 5.11 Å². The smallest absolute Gasteiger partial charge is 0.0875 e. The Labute approximate surface area is 58.1 Å². The van der Waals surface area contributed by atoms with Crippen molar-refractivity contribution in [3.8, 4) is 0 Å². The molecule has 0 aliphatic carbocycles. The van der Waals surface area contributed by atoms with Crippen LogP contribution in [0.5, 0.6) is 0 Å². The molecule has 0 bridgehead atoms. The van der Waals surface area contributed by atoms with Crippen molar-refractivity contribution in [1.29, 1.82) is 0 Å². The average molecular weight is 129 g/mol. The zero-order valence-corrected chi connectivity index (χ0v) is 6.59. The summed E-state index contributed by atoms with van der Waals surface area (Å²) in [6.07, 6.45) is 4.21. The Hall–Kier alpha value is -0.170. The topological polar surface area (TPSA) is 20.2 Å². The van der Waals surface area contributed by atoms with Crippen molar-refractivity contribution in [2.24, 2.45) is 5.92 Å². The molecule has 0 saturated heterocycles. The second kappa shape index (κ2) is 4.68. The van der Waals surface area contributed by atoms with Gasteiger partial charge in [-0.2, -0.15) is 0 Å². The number of aliphatic hydroxyl groups excluding tert-OH is 1. The highest BCUT2D eigenvalue weighted by molar-refractivity contribution is 4.63. The van der Waals surface area contributed by atoms with E-state index in [1.807, 2.05) is 6.92 Å². The van der Waals surface area contributed by atoms with Crippen LogP contribution in [-0.2, 0) is 0 Å².